The third kappa shape index (κ3) is 12.4. The van der Waals surface area contributed by atoms with E-state index < -0.39 is 6.04 Å². The van der Waals surface area contributed by atoms with Gasteiger partial charge in [0.25, 0.3) is 0 Å². The molecule has 5 heteroatoms. The molecule has 0 bridgehead atoms. The van der Waals surface area contributed by atoms with Crippen LogP contribution in [0.1, 0.15) is 71.6 Å². The van der Waals surface area contributed by atoms with E-state index in [4.69, 9.17) is 5.73 Å². The number of unbranched alkanes of at least 4 members (excludes halogenated alkanes) is 6. The minimum Gasteiger partial charge on any atom is -0.355 e. The Morgan fingerprint density at radius 3 is 2.14 bits per heavy atom. The van der Waals surface area contributed by atoms with Crippen molar-refractivity contribution in [3.8, 4) is 0 Å². The largest absolute Gasteiger partial charge is 0.355 e. The minimum absolute atomic E-state index is 0.0164. The van der Waals surface area contributed by atoms with Crippen molar-refractivity contribution in [1.82, 2.24) is 10.6 Å². The van der Waals surface area contributed by atoms with E-state index in [0.29, 0.717) is 13.0 Å². The molecule has 1 atom stereocenters. The molecule has 0 spiro atoms. The van der Waals surface area contributed by atoms with E-state index in [1.54, 1.807) is 0 Å². The SMILES string of the molecule is CCCCCCNC(=O)[C@H](N)CNC(=O)CCCCCC. The zero-order valence-corrected chi connectivity index (χ0v) is 13.7. The lowest BCUT2D eigenvalue weighted by atomic mass is 10.1. The van der Waals surface area contributed by atoms with Gasteiger partial charge in [0.1, 0.15) is 6.04 Å². The van der Waals surface area contributed by atoms with Gasteiger partial charge in [-0.1, -0.05) is 52.4 Å². The van der Waals surface area contributed by atoms with Crippen molar-refractivity contribution in [1.29, 1.82) is 0 Å². The maximum atomic E-state index is 11.7. The second-order valence-corrected chi connectivity index (χ2v) is 5.57. The quantitative estimate of drug-likeness (QED) is 0.455. The van der Waals surface area contributed by atoms with Crippen molar-refractivity contribution in [3.63, 3.8) is 0 Å². The van der Waals surface area contributed by atoms with Crippen LogP contribution in [0.4, 0.5) is 0 Å². The van der Waals surface area contributed by atoms with Crippen molar-refractivity contribution in [2.75, 3.05) is 13.1 Å². The molecular weight excluding hydrogens is 266 g/mol. The summed E-state index contributed by atoms with van der Waals surface area (Å²) in [5, 5.41) is 5.54. The number of amides is 2. The summed E-state index contributed by atoms with van der Waals surface area (Å²) in [5.41, 5.74) is 5.76. The fraction of sp³-hybridized carbons (Fsp3) is 0.875. The summed E-state index contributed by atoms with van der Waals surface area (Å²) in [6, 6.07) is -0.657. The molecule has 5 nitrogen and oxygen atoms in total. The molecule has 0 aliphatic rings. The Morgan fingerprint density at radius 2 is 1.52 bits per heavy atom. The summed E-state index contributed by atoms with van der Waals surface area (Å²) in [4.78, 5) is 23.3. The second-order valence-electron chi connectivity index (χ2n) is 5.57. The minimum atomic E-state index is -0.657. The van der Waals surface area contributed by atoms with Gasteiger partial charge in [-0.05, 0) is 12.8 Å². The summed E-state index contributed by atoms with van der Waals surface area (Å²) in [6.45, 7) is 5.17. The molecule has 21 heavy (non-hydrogen) atoms. The lowest BCUT2D eigenvalue weighted by molar-refractivity contribution is -0.123. The highest BCUT2D eigenvalue weighted by Crippen LogP contribution is 2.01. The van der Waals surface area contributed by atoms with Crippen LogP contribution in [-0.4, -0.2) is 30.9 Å². The lowest BCUT2D eigenvalue weighted by Crippen LogP contribution is -2.48. The van der Waals surface area contributed by atoms with E-state index in [0.717, 1.165) is 38.5 Å². The van der Waals surface area contributed by atoms with Crippen LogP contribution < -0.4 is 16.4 Å². The topological polar surface area (TPSA) is 84.2 Å². The molecule has 0 aromatic carbocycles. The number of rotatable bonds is 13. The predicted octanol–water partition coefficient (Wildman–Crippen LogP) is 2.10. The van der Waals surface area contributed by atoms with Gasteiger partial charge in [0, 0.05) is 19.5 Å². The first-order chi connectivity index (χ1) is 10.1. The van der Waals surface area contributed by atoms with Crippen LogP contribution >= 0.6 is 0 Å². The molecule has 0 aliphatic carbocycles. The zero-order valence-electron chi connectivity index (χ0n) is 13.7. The van der Waals surface area contributed by atoms with Crippen LogP contribution in [0, 0.1) is 0 Å². The summed E-state index contributed by atoms with van der Waals surface area (Å²) < 4.78 is 0. The Bertz CT molecular complexity index is 283. The molecule has 0 saturated carbocycles. The number of carbonyl (C=O) groups is 2. The highest BCUT2D eigenvalue weighted by atomic mass is 16.2. The summed E-state index contributed by atoms with van der Waals surface area (Å²) in [6.07, 6.45) is 9.29. The molecule has 0 aromatic rings. The van der Waals surface area contributed by atoms with Gasteiger partial charge in [-0.15, -0.1) is 0 Å². The van der Waals surface area contributed by atoms with Crippen LogP contribution in [-0.2, 0) is 9.59 Å². The molecule has 0 heterocycles. The molecule has 2 amide bonds. The number of carbonyl (C=O) groups excluding carboxylic acids is 2. The van der Waals surface area contributed by atoms with Crippen molar-refractivity contribution in [2.24, 2.45) is 5.73 Å². The average Bonchev–Trinajstić information content (AvgIpc) is 2.48. The lowest BCUT2D eigenvalue weighted by Gasteiger charge is -2.13. The molecule has 0 unspecified atom stereocenters. The standard InChI is InChI=1S/C16H33N3O2/c1-3-5-7-9-11-15(20)19-13-14(17)16(21)18-12-10-8-6-4-2/h14H,3-13,17H2,1-2H3,(H,18,21)(H,19,20)/t14-/m1/s1. The van der Waals surface area contributed by atoms with Crippen LogP contribution in [0.2, 0.25) is 0 Å². The fourth-order valence-electron chi connectivity index (χ4n) is 2.01. The van der Waals surface area contributed by atoms with Gasteiger partial charge < -0.3 is 16.4 Å². The second kappa shape index (κ2) is 13.9. The van der Waals surface area contributed by atoms with Gasteiger partial charge in [-0.25, -0.2) is 0 Å². The molecule has 0 rings (SSSR count). The molecular formula is C16H33N3O2. The van der Waals surface area contributed by atoms with E-state index in [9.17, 15) is 9.59 Å². The van der Waals surface area contributed by atoms with Gasteiger partial charge in [-0.3, -0.25) is 9.59 Å². The third-order valence-corrected chi connectivity index (χ3v) is 3.44. The van der Waals surface area contributed by atoms with E-state index in [1.165, 1.54) is 12.8 Å². The first-order valence-electron chi connectivity index (χ1n) is 8.41. The number of nitrogens with one attached hydrogen (secondary N) is 2. The van der Waals surface area contributed by atoms with Gasteiger partial charge in [0.05, 0.1) is 0 Å². The van der Waals surface area contributed by atoms with Crippen LogP contribution in [0.25, 0.3) is 0 Å². The molecule has 0 aromatic heterocycles. The van der Waals surface area contributed by atoms with Crippen molar-refractivity contribution < 1.29 is 9.59 Å². The predicted molar refractivity (Wildman–Crippen MR) is 86.9 cm³/mol. The maximum Gasteiger partial charge on any atom is 0.238 e. The fourth-order valence-corrected chi connectivity index (χ4v) is 2.01. The number of nitrogens with two attached hydrogens (primary N) is 1. The molecule has 0 radical (unpaired) electrons. The Labute approximate surface area is 129 Å². The maximum absolute atomic E-state index is 11.7. The van der Waals surface area contributed by atoms with Gasteiger partial charge in [0.2, 0.25) is 11.8 Å². The van der Waals surface area contributed by atoms with E-state index >= 15 is 0 Å². The van der Waals surface area contributed by atoms with Gasteiger partial charge in [0.15, 0.2) is 0 Å². The summed E-state index contributed by atoms with van der Waals surface area (Å²) >= 11 is 0. The average molecular weight is 299 g/mol. The van der Waals surface area contributed by atoms with Crippen LogP contribution in [0.15, 0.2) is 0 Å². The monoisotopic (exact) mass is 299 g/mol. The first kappa shape index (κ1) is 19.9. The van der Waals surface area contributed by atoms with E-state index in [1.807, 2.05) is 0 Å². The Balaban J connectivity index is 3.60. The Kier molecular flexibility index (Phi) is 13.1. The van der Waals surface area contributed by atoms with Crippen molar-refractivity contribution >= 4 is 11.8 Å². The highest BCUT2D eigenvalue weighted by molar-refractivity contribution is 5.83. The number of hydrogen-bond donors (Lipinski definition) is 3. The van der Waals surface area contributed by atoms with E-state index in [-0.39, 0.29) is 18.4 Å². The first-order valence-corrected chi connectivity index (χ1v) is 8.41. The van der Waals surface area contributed by atoms with E-state index in [2.05, 4.69) is 24.5 Å². The normalized spacial score (nSPS) is 12.0. The molecule has 0 fully saturated rings. The van der Waals surface area contributed by atoms with Crippen LogP contribution in [0.3, 0.4) is 0 Å². The number of hydrogen-bond acceptors (Lipinski definition) is 3. The molecule has 124 valence electrons. The Morgan fingerprint density at radius 1 is 0.905 bits per heavy atom. The zero-order chi connectivity index (χ0) is 15.9. The van der Waals surface area contributed by atoms with Crippen molar-refractivity contribution in [2.45, 2.75) is 77.7 Å². The molecule has 0 saturated heterocycles. The summed E-state index contributed by atoms with van der Waals surface area (Å²) in [7, 11) is 0. The molecule has 0 aliphatic heterocycles. The van der Waals surface area contributed by atoms with Gasteiger partial charge >= 0.3 is 0 Å². The molecule has 4 N–H and O–H groups in total. The Hall–Kier alpha value is -1.10. The third-order valence-electron chi connectivity index (χ3n) is 3.44. The van der Waals surface area contributed by atoms with Crippen LogP contribution in [0.5, 0.6) is 0 Å². The smallest absolute Gasteiger partial charge is 0.238 e. The highest BCUT2D eigenvalue weighted by Gasteiger charge is 2.13. The van der Waals surface area contributed by atoms with Crippen molar-refractivity contribution in [3.05, 3.63) is 0 Å². The summed E-state index contributed by atoms with van der Waals surface area (Å²) in [5.74, 6) is -0.199. The van der Waals surface area contributed by atoms with Gasteiger partial charge in [-0.2, -0.15) is 0 Å².